The van der Waals surface area contributed by atoms with Crippen LogP contribution in [0.4, 0.5) is 0 Å². The number of nitrogens with zero attached hydrogens (tertiary/aromatic N) is 4. The molecule has 3 rings (SSSR count). The van der Waals surface area contributed by atoms with E-state index in [9.17, 15) is 4.79 Å². The molecule has 0 unspecified atom stereocenters. The van der Waals surface area contributed by atoms with Crippen molar-refractivity contribution in [2.24, 2.45) is 0 Å². The van der Waals surface area contributed by atoms with Gasteiger partial charge < -0.3 is 18.7 Å². The molecule has 0 bridgehead atoms. The highest BCUT2D eigenvalue weighted by Crippen LogP contribution is 2.20. The van der Waals surface area contributed by atoms with Gasteiger partial charge in [-0.3, -0.25) is 4.79 Å². The summed E-state index contributed by atoms with van der Waals surface area (Å²) >= 11 is 0. The zero-order valence-electron chi connectivity index (χ0n) is 13.8. The molecule has 7 heteroatoms. The molecule has 3 heterocycles. The highest BCUT2D eigenvalue weighted by Gasteiger charge is 2.25. The van der Waals surface area contributed by atoms with E-state index in [-0.39, 0.29) is 12.0 Å². The molecule has 0 N–H and O–H groups in total. The number of carbonyl (C=O) groups excluding carboxylic acids is 1. The van der Waals surface area contributed by atoms with Crippen LogP contribution in [-0.4, -0.2) is 38.2 Å². The third-order valence-electron chi connectivity index (χ3n) is 4.02. The highest BCUT2D eigenvalue weighted by atomic mass is 16.5. The SMILES string of the molecule is Cc1oncc1C(=O)N1CCCn2cnc(COC(C)C)c2C1. The fourth-order valence-electron chi connectivity index (χ4n) is 2.73. The second-order valence-corrected chi connectivity index (χ2v) is 6.07. The second kappa shape index (κ2) is 6.54. The predicted molar refractivity (Wildman–Crippen MR) is 82.7 cm³/mol. The monoisotopic (exact) mass is 318 g/mol. The standard InChI is InChI=1S/C16H22N4O3/c1-11(2)22-9-14-15-8-19(5-4-6-20(15)10-17-14)16(21)13-7-18-23-12(13)3/h7,10-11H,4-6,8-9H2,1-3H3. The van der Waals surface area contributed by atoms with Crippen molar-refractivity contribution >= 4 is 5.91 Å². The minimum absolute atomic E-state index is 0.0471. The van der Waals surface area contributed by atoms with Crippen LogP contribution < -0.4 is 0 Å². The van der Waals surface area contributed by atoms with Crippen LogP contribution >= 0.6 is 0 Å². The summed E-state index contributed by atoms with van der Waals surface area (Å²) in [6.07, 6.45) is 4.37. The van der Waals surface area contributed by atoms with Crippen LogP contribution in [0, 0.1) is 6.92 Å². The lowest BCUT2D eigenvalue weighted by atomic mass is 10.2. The molecular weight excluding hydrogens is 296 g/mol. The number of amides is 1. The summed E-state index contributed by atoms with van der Waals surface area (Å²) in [5.74, 6) is 0.505. The molecule has 124 valence electrons. The molecule has 7 nitrogen and oxygen atoms in total. The van der Waals surface area contributed by atoms with Gasteiger partial charge in [0, 0.05) is 13.1 Å². The zero-order chi connectivity index (χ0) is 16.4. The number of ether oxygens (including phenoxy) is 1. The zero-order valence-corrected chi connectivity index (χ0v) is 13.8. The second-order valence-electron chi connectivity index (χ2n) is 6.07. The normalized spacial score (nSPS) is 14.9. The summed E-state index contributed by atoms with van der Waals surface area (Å²) in [6.45, 7) is 8.31. The maximum absolute atomic E-state index is 12.7. The summed E-state index contributed by atoms with van der Waals surface area (Å²) in [5.41, 5.74) is 2.48. The number of rotatable bonds is 4. The number of hydrogen-bond acceptors (Lipinski definition) is 5. The molecule has 0 aromatic carbocycles. The molecule has 1 aliphatic rings. The molecule has 2 aromatic rings. The molecule has 0 aliphatic carbocycles. The van der Waals surface area contributed by atoms with Crippen molar-refractivity contribution in [3.63, 3.8) is 0 Å². The summed E-state index contributed by atoms with van der Waals surface area (Å²) in [6, 6.07) is 0. The molecule has 0 saturated heterocycles. The summed E-state index contributed by atoms with van der Waals surface area (Å²) in [5, 5.41) is 3.70. The number of imidazole rings is 1. The number of fused-ring (bicyclic) bond motifs is 1. The third-order valence-corrected chi connectivity index (χ3v) is 4.02. The number of carbonyl (C=O) groups is 1. The van der Waals surface area contributed by atoms with Crippen molar-refractivity contribution in [3.8, 4) is 0 Å². The van der Waals surface area contributed by atoms with Crippen molar-refractivity contribution < 1.29 is 14.1 Å². The first-order valence-electron chi connectivity index (χ1n) is 7.91. The minimum atomic E-state index is -0.0471. The van der Waals surface area contributed by atoms with E-state index < -0.39 is 0 Å². The average Bonchev–Trinajstić information content (AvgIpc) is 3.04. The lowest BCUT2D eigenvalue weighted by molar-refractivity contribution is 0.0620. The molecular formula is C16H22N4O3. The smallest absolute Gasteiger partial charge is 0.259 e. The van der Waals surface area contributed by atoms with Gasteiger partial charge in [0.25, 0.3) is 5.91 Å². The first-order chi connectivity index (χ1) is 11.1. The predicted octanol–water partition coefficient (Wildman–Crippen LogP) is 2.15. The van der Waals surface area contributed by atoms with Gasteiger partial charge in [-0.1, -0.05) is 5.16 Å². The molecule has 1 aliphatic heterocycles. The van der Waals surface area contributed by atoms with E-state index >= 15 is 0 Å². The summed E-state index contributed by atoms with van der Waals surface area (Å²) < 4.78 is 12.8. The molecule has 1 amide bonds. The molecule has 0 fully saturated rings. The van der Waals surface area contributed by atoms with Gasteiger partial charge in [0.1, 0.15) is 11.3 Å². The Labute approximate surface area is 135 Å². The van der Waals surface area contributed by atoms with Crippen LogP contribution in [0.1, 0.15) is 47.8 Å². The van der Waals surface area contributed by atoms with E-state index in [4.69, 9.17) is 9.26 Å². The third kappa shape index (κ3) is 3.29. The van der Waals surface area contributed by atoms with Crippen LogP contribution in [0.25, 0.3) is 0 Å². The van der Waals surface area contributed by atoms with Gasteiger partial charge in [0.15, 0.2) is 0 Å². The Morgan fingerprint density at radius 1 is 1.43 bits per heavy atom. The van der Waals surface area contributed by atoms with Crippen molar-refractivity contribution in [1.82, 2.24) is 19.6 Å². The van der Waals surface area contributed by atoms with Gasteiger partial charge in [-0.15, -0.1) is 0 Å². The van der Waals surface area contributed by atoms with E-state index in [1.807, 2.05) is 25.1 Å². The van der Waals surface area contributed by atoms with Crippen LogP contribution in [0.5, 0.6) is 0 Å². The quantitative estimate of drug-likeness (QED) is 0.863. The summed E-state index contributed by atoms with van der Waals surface area (Å²) in [4.78, 5) is 19.0. The fourth-order valence-corrected chi connectivity index (χ4v) is 2.73. The Morgan fingerprint density at radius 2 is 2.26 bits per heavy atom. The Balaban J connectivity index is 1.81. The topological polar surface area (TPSA) is 73.4 Å². The Hall–Kier alpha value is -2.15. The van der Waals surface area contributed by atoms with Crippen LogP contribution in [-0.2, 0) is 24.4 Å². The van der Waals surface area contributed by atoms with Gasteiger partial charge in [0.05, 0.1) is 43.2 Å². The van der Waals surface area contributed by atoms with E-state index in [0.717, 1.165) is 24.4 Å². The Kier molecular flexibility index (Phi) is 4.47. The number of aryl methyl sites for hydroxylation is 2. The molecule has 0 atom stereocenters. The van der Waals surface area contributed by atoms with E-state index in [1.165, 1.54) is 6.20 Å². The largest absolute Gasteiger partial charge is 0.372 e. The molecule has 2 aromatic heterocycles. The fraction of sp³-hybridized carbons (Fsp3) is 0.562. The van der Waals surface area contributed by atoms with E-state index in [2.05, 4.69) is 14.7 Å². The highest BCUT2D eigenvalue weighted by molar-refractivity contribution is 5.94. The number of hydrogen-bond donors (Lipinski definition) is 0. The minimum Gasteiger partial charge on any atom is -0.372 e. The molecule has 0 saturated carbocycles. The lowest BCUT2D eigenvalue weighted by Gasteiger charge is -2.20. The number of aromatic nitrogens is 3. The van der Waals surface area contributed by atoms with Crippen LogP contribution in [0.3, 0.4) is 0 Å². The Bertz CT molecular complexity index is 689. The molecule has 23 heavy (non-hydrogen) atoms. The van der Waals surface area contributed by atoms with Crippen LogP contribution in [0.15, 0.2) is 17.0 Å². The van der Waals surface area contributed by atoms with Gasteiger partial charge in [-0.2, -0.15) is 0 Å². The van der Waals surface area contributed by atoms with Gasteiger partial charge >= 0.3 is 0 Å². The van der Waals surface area contributed by atoms with Crippen molar-refractivity contribution in [3.05, 3.63) is 35.2 Å². The molecule has 0 spiro atoms. The summed E-state index contributed by atoms with van der Waals surface area (Å²) in [7, 11) is 0. The maximum atomic E-state index is 12.7. The lowest BCUT2D eigenvalue weighted by Crippen LogP contribution is -2.31. The first-order valence-corrected chi connectivity index (χ1v) is 7.91. The van der Waals surface area contributed by atoms with E-state index in [0.29, 0.717) is 31.0 Å². The van der Waals surface area contributed by atoms with Crippen molar-refractivity contribution in [2.45, 2.75) is 53.0 Å². The first kappa shape index (κ1) is 15.7. The van der Waals surface area contributed by atoms with Gasteiger partial charge in [-0.05, 0) is 27.2 Å². The van der Waals surface area contributed by atoms with Gasteiger partial charge in [-0.25, -0.2) is 4.98 Å². The maximum Gasteiger partial charge on any atom is 0.259 e. The van der Waals surface area contributed by atoms with E-state index in [1.54, 1.807) is 6.92 Å². The van der Waals surface area contributed by atoms with Crippen molar-refractivity contribution in [1.29, 1.82) is 0 Å². The Morgan fingerprint density at radius 3 is 2.96 bits per heavy atom. The van der Waals surface area contributed by atoms with Gasteiger partial charge in [0.2, 0.25) is 0 Å². The average molecular weight is 318 g/mol. The van der Waals surface area contributed by atoms with Crippen LogP contribution in [0.2, 0.25) is 0 Å². The molecule has 0 radical (unpaired) electrons. The van der Waals surface area contributed by atoms with Crippen molar-refractivity contribution in [2.75, 3.05) is 6.54 Å².